The van der Waals surface area contributed by atoms with Crippen LogP contribution in [0, 0.1) is 0 Å². The second kappa shape index (κ2) is 5.49. The summed E-state index contributed by atoms with van der Waals surface area (Å²) in [5.41, 5.74) is 0. The van der Waals surface area contributed by atoms with Crippen molar-refractivity contribution < 1.29 is 22.7 Å². The Morgan fingerprint density at radius 1 is 1.50 bits per heavy atom. The quantitative estimate of drug-likeness (QED) is 0.707. The Hall–Kier alpha value is -0.820. The zero-order valence-corrected chi connectivity index (χ0v) is 9.01. The van der Waals surface area contributed by atoms with E-state index in [0.29, 0.717) is 0 Å². The maximum absolute atomic E-state index is 11.7. The Balaban J connectivity index is 2.10. The predicted octanol–water partition coefficient (Wildman–Crippen LogP) is 0.386. The SMILES string of the molecule is CN(C(=O)CCOCC(F)(F)F)C1CNC1. The van der Waals surface area contributed by atoms with Crippen molar-refractivity contribution in [2.24, 2.45) is 0 Å². The summed E-state index contributed by atoms with van der Waals surface area (Å²) < 4.78 is 39.5. The van der Waals surface area contributed by atoms with Crippen molar-refractivity contribution in [2.75, 3.05) is 33.4 Å². The van der Waals surface area contributed by atoms with Gasteiger partial charge in [0, 0.05) is 20.1 Å². The first-order valence-electron chi connectivity index (χ1n) is 5.01. The summed E-state index contributed by atoms with van der Waals surface area (Å²) >= 11 is 0. The van der Waals surface area contributed by atoms with E-state index in [1.807, 2.05) is 0 Å². The van der Waals surface area contributed by atoms with E-state index in [1.54, 1.807) is 11.9 Å². The lowest BCUT2D eigenvalue weighted by Crippen LogP contribution is -2.57. The summed E-state index contributed by atoms with van der Waals surface area (Å²) in [7, 11) is 1.65. The summed E-state index contributed by atoms with van der Waals surface area (Å²) in [5, 5.41) is 3.01. The molecule has 0 unspecified atom stereocenters. The number of rotatable bonds is 5. The minimum Gasteiger partial charge on any atom is -0.372 e. The van der Waals surface area contributed by atoms with E-state index in [0.717, 1.165) is 13.1 Å². The molecule has 1 fully saturated rings. The molecule has 0 aromatic carbocycles. The van der Waals surface area contributed by atoms with Crippen molar-refractivity contribution in [3.8, 4) is 0 Å². The van der Waals surface area contributed by atoms with Gasteiger partial charge in [-0.15, -0.1) is 0 Å². The number of likely N-dealkylation sites (N-methyl/N-ethyl adjacent to an activating group) is 1. The van der Waals surface area contributed by atoms with E-state index in [2.05, 4.69) is 10.1 Å². The minimum atomic E-state index is -4.33. The highest BCUT2D eigenvalue weighted by molar-refractivity contribution is 5.76. The Kier molecular flexibility index (Phi) is 4.55. The lowest BCUT2D eigenvalue weighted by Gasteiger charge is -2.35. The summed E-state index contributed by atoms with van der Waals surface area (Å²) in [6, 6.07) is 0.162. The zero-order chi connectivity index (χ0) is 12.2. The minimum absolute atomic E-state index is 0.0108. The fraction of sp³-hybridized carbons (Fsp3) is 0.889. The molecule has 1 N–H and O–H groups in total. The molecular formula is C9H15F3N2O2. The number of nitrogens with one attached hydrogen (secondary N) is 1. The molecule has 0 spiro atoms. The molecule has 0 radical (unpaired) electrons. The van der Waals surface area contributed by atoms with Crippen LogP contribution in [0.3, 0.4) is 0 Å². The number of carbonyl (C=O) groups is 1. The van der Waals surface area contributed by atoms with E-state index >= 15 is 0 Å². The van der Waals surface area contributed by atoms with Gasteiger partial charge in [0.25, 0.3) is 0 Å². The Morgan fingerprint density at radius 2 is 2.12 bits per heavy atom. The second-order valence-electron chi connectivity index (χ2n) is 3.73. The van der Waals surface area contributed by atoms with Crippen LogP contribution in [-0.4, -0.2) is 56.4 Å². The molecule has 1 aliphatic rings. The third-order valence-corrected chi connectivity index (χ3v) is 2.43. The van der Waals surface area contributed by atoms with Crippen LogP contribution in [0.2, 0.25) is 0 Å². The number of alkyl halides is 3. The Bertz CT molecular complexity index is 241. The fourth-order valence-corrected chi connectivity index (χ4v) is 1.27. The van der Waals surface area contributed by atoms with Gasteiger partial charge in [-0.1, -0.05) is 0 Å². The van der Waals surface area contributed by atoms with Crippen LogP contribution in [0.1, 0.15) is 6.42 Å². The molecule has 0 bridgehead atoms. The molecule has 4 nitrogen and oxygen atoms in total. The van der Waals surface area contributed by atoms with Gasteiger partial charge in [-0.25, -0.2) is 0 Å². The molecular weight excluding hydrogens is 225 g/mol. The molecule has 1 heterocycles. The zero-order valence-electron chi connectivity index (χ0n) is 9.01. The predicted molar refractivity (Wildman–Crippen MR) is 50.9 cm³/mol. The molecule has 1 saturated heterocycles. The number of hydrogen-bond acceptors (Lipinski definition) is 3. The van der Waals surface area contributed by atoms with Gasteiger partial charge >= 0.3 is 6.18 Å². The van der Waals surface area contributed by atoms with Gasteiger partial charge < -0.3 is 15.0 Å². The van der Waals surface area contributed by atoms with Crippen LogP contribution in [0.15, 0.2) is 0 Å². The molecule has 1 aliphatic heterocycles. The van der Waals surface area contributed by atoms with Gasteiger partial charge in [-0.05, 0) is 0 Å². The molecule has 7 heteroatoms. The molecule has 0 aromatic rings. The van der Waals surface area contributed by atoms with Crippen molar-refractivity contribution in [3.63, 3.8) is 0 Å². The standard InChI is InChI=1S/C9H15F3N2O2/c1-14(7-4-13-5-7)8(15)2-3-16-6-9(10,11)12/h7,13H,2-6H2,1H3. The molecule has 0 saturated carbocycles. The fourth-order valence-electron chi connectivity index (χ4n) is 1.27. The monoisotopic (exact) mass is 240 g/mol. The first kappa shape index (κ1) is 13.2. The van der Waals surface area contributed by atoms with Crippen molar-refractivity contribution in [2.45, 2.75) is 18.6 Å². The largest absolute Gasteiger partial charge is 0.411 e. The number of nitrogens with zero attached hydrogens (tertiary/aromatic N) is 1. The number of hydrogen-bond donors (Lipinski definition) is 1. The average Bonchev–Trinajstić information content (AvgIpc) is 2.07. The summed E-state index contributed by atoms with van der Waals surface area (Å²) in [6.45, 7) is -0.00485. The van der Waals surface area contributed by atoms with E-state index < -0.39 is 12.8 Å². The van der Waals surface area contributed by atoms with Gasteiger partial charge in [-0.2, -0.15) is 13.2 Å². The normalized spacial score (nSPS) is 17.0. The third-order valence-electron chi connectivity index (χ3n) is 2.43. The average molecular weight is 240 g/mol. The number of ether oxygens (including phenoxy) is 1. The first-order chi connectivity index (χ1) is 7.40. The van der Waals surface area contributed by atoms with Crippen LogP contribution >= 0.6 is 0 Å². The molecule has 0 aliphatic carbocycles. The third kappa shape index (κ3) is 4.36. The highest BCUT2D eigenvalue weighted by Crippen LogP contribution is 2.14. The van der Waals surface area contributed by atoms with E-state index in [9.17, 15) is 18.0 Å². The topological polar surface area (TPSA) is 41.6 Å². The second-order valence-corrected chi connectivity index (χ2v) is 3.73. The molecule has 0 atom stereocenters. The maximum atomic E-state index is 11.7. The molecule has 16 heavy (non-hydrogen) atoms. The number of amides is 1. The molecule has 94 valence electrons. The van der Waals surface area contributed by atoms with Crippen LogP contribution in [0.4, 0.5) is 13.2 Å². The van der Waals surface area contributed by atoms with Crippen molar-refractivity contribution in [3.05, 3.63) is 0 Å². The van der Waals surface area contributed by atoms with E-state index in [4.69, 9.17) is 0 Å². The van der Waals surface area contributed by atoms with Gasteiger partial charge in [-0.3, -0.25) is 4.79 Å². The summed E-state index contributed by atoms with van der Waals surface area (Å²) in [6.07, 6.45) is -4.34. The summed E-state index contributed by atoms with van der Waals surface area (Å²) in [5.74, 6) is -0.186. The smallest absolute Gasteiger partial charge is 0.372 e. The van der Waals surface area contributed by atoms with Crippen LogP contribution in [0.25, 0.3) is 0 Å². The lowest BCUT2D eigenvalue weighted by molar-refractivity contribution is -0.175. The lowest BCUT2D eigenvalue weighted by atomic mass is 10.1. The maximum Gasteiger partial charge on any atom is 0.411 e. The van der Waals surface area contributed by atoms with Crippen molar-refractivity contribution in [1.29, 1.82) is 0 Å². The van der Waals surface area contributed by atoms with Gasteiger partial charge in [0.1, 0.15) is 6.61 Å². The van der Waals surface area contributed by atoms with Crippen molar-refractivity contribution in [1.82, 2.24) is 10.2 Å². The number of carbonyl (C=O) groups excluding carboxylic acids is 1. The van der Waals surface area contributed by atoms with Crippen LogP contribution < -0.4 is 5.32 Å². The van der Waals surface area contributed by atoms with Crippen LogP contribution in [0.5, 0.6) is 0 Å². The first-order valence-corrected chi connectivity index (χ1v) is 5.01. The van der Waals surface area contributed by atoms with Crippen molar-refractivity contribution >= 4 is 5.91 Å². The molecule has 1 amide bonds. The van der Waals surface area contributed by atoms with Gasteiger partial charge in [0.2, 0.25) is 5.91 Å². The highest BCUT2D eigenvalue weighted by atomic mass is 19.4. The summed E-state index contributed by atoms with van der Waals surface area (Å²) in [4.78, 5) is 13.0. The van der Waals surface area contributed by atoms with E-state index in [1.165, 1.54) is 0 Å². The van der Waals surface area contributed by atoms with Crippen LogP contribution in [-0.2, 0) is 9.53 Å². The van der Waals surface area contributed by atoms with Gasteiger partial charge in [0.05, 0.1) is 19.1 Å². The van der Waals surface area contributed by atoms with E-state index in [-0.39, 0.29) is 25.0 Å². The Labute approximate surface area is 91.7 Å². The Morgan fingerprint density at radius 3 is 2.56 bits per heavy atom. The molecule has 0 aromatic heterocycles. The number of halogens is 3. The molecule has 1 rings (SSSR count). The highest BCUT2D eigenvalue weighted by Gasteiger charge is 2.28. The van der Waals surface area contributed by atoms with Gasteiger partial charge in [0.15, 0.2) is 0 Å².